The summed E-state index contributed by atoms with van der Waals surface area (Å²) in [7, 11) is 0. The van der Waals surface area contributed by atoms with E-state index in [0.717, 1.165) is 0 Å². The Labute approximate surface area is 170 Å². The lowest BCUT2D eigenvalue weighted by Gasteiger charge is -2.25. The molecule has 8 nitrogen and oxygen atoms in total. The second-order valence-corrected chi connectivity index (χ2v) is 7.20. The van der Waals surface area contributed by atoms with E-state index in [-0.39, 0.29) is 23.1 Å². The minimum Gasteiger partial charge on any atom is -0.481 e. The van der Waals surface area contributed by atoms with E-state index in [0.29, 0.717) is 48.2 Å². The number of carboxylic acid groups (broad SMARTS) is 1. The molecule has 1 saturated carbocycles. The van der Waals surface area contributed by atoms with Crippen molar-refractivity contribution in [1.29, 1.82) is 0 Å². The van der Waals surface area contributed by atoms with E-state index in [9.17, 15) is 9.18 Å². The Kier molecular flexibility index (Phi) is 5.39. The molecule has 0 bridgehead atoms. The Hall–Kier alpha value is -3.07. The minimum atomic E-state index is -0.765. The van der Waals surface area contributed by atoms with Crippen LogP contribution in [0.25, 0.3) is 11.0 Å². The Morgan fingerprint density at radius 3 is 2.72 bits per heavy atom. The number of nitrogens with one attached hydrogen (secondary N) is 1. The van der Waals surface area contributed by atoms with Crippen molar-refractivity contribution in [2.75, 3.05) is 5.32 Å². The quantitative estimate of drug-likeness (QED) is 0.641. The van der Waals surface area contributed by atoms with E-state index in [1.165, 1.54) is 30.7 Å². The Morgan fingerprint density at radius 2 is 2.00 bits per heavy atom. The van der Waals surface area contributed by atoms with E-state index in [2.05, 4.69) is 25.3 Å². The molecule has 0 radical (unpaired) electrons. The molecule has 0 saturated heterocycles. The largest absolute Gasteiger partial charge is 0.481 e. The predicted octanol–water partition coefficient (Wildman–Crippen LogP) is 3.98. The number of halogens is 2. The number of nitrogens with zero attached hydrogens (tertiary/aromatic N) is 4. The maximum Gasteiger partial charge on any atom is 0.317 e. The van der Waals surface area contributed by atoms with Crippen LogP contribution in [0.15, 0.2) is 30.7 Å². The molecule has 0 aliphatic heterocycles. The number of benzene rings is 1. The van der Waals surface area contributed by atoms with Crippen LogP contribution in [-0.2, 0) is 4.79 Å². The highest BCUT2D eigenvalue weighted by atomic mass is 35.5. The molecule has 0 amide bonds. The van der Waals surface area contributed by atoms with Crippen molar-refractivity contribution >= 4 is 40.1 Å². The van der Waals surface area contributed by atoms with Crippen LogP contribution in [0.5, 0.6) is 6.01 Å². The van der Waals surface area contributed by atoms with E-state index in [1.54, 1.807) is 0 Å². The summed E-state index contributed by atoms with van der Waals surface area (Å²) in [5.74, 6) is -1.20. The van der Waals surface area contributed by atoms with E-state index < -0.39 is 11.8 Å². The fourth-order valence-electron chi connectivity index (χ4n) is 3.27. The summed E-state index contributed by atoms with van der Waals surface area (Å²) in [4.78, 5) is 28.0. The van der Waals surface area contributed by atoms with Crippen LogP contribution in [0.2, 0.25) is 5.02 Å². The van der Waals surface area contributed by atoms with Crippen LogP contribution in [0.1, 0.15) is 25.7 Å². The van der Waals surface area contributed by atoms with Gasteiger partial charge in [-0.25, -0.2) is 19.3 Å². The van der Waals surface area contributed by atoms with Crippen molar-refractivity contribution in [3.05, 3.63) is 41.6 Å². The van der Waals surface area contributed by atoms with Crippen molar-refractivity contribution in [2.45, 2.75) is 31.8 Å². The number of aliphatic carboxylic acids is 1. The summed E-state index contributed by atoms with van der Waals surface area (Å²) in [6.07, 6.45) is 5.15. The predicted molar refractivity (Wildman–Crippen MR) is 104 cm³/mol. The van der Waals surface area contributed by atoms with Crippen LogP contribution < -0.4 is 10.1 Å². The summed E-state index contributed by atoms with van der Waals surface area (Å²) in [5, 5.41) is 12.1. The summed E-state index contributed by atoms with van der Waals surface area (Å²) in [6.45, 7) is 0. The molecule has 3 aromatic rings. The summed E-state index contributed by atoms with van der Waals surface area (Å²) in [5.41, 5.74) is 1.50. The van der Waals surface area contributed by atoms with Gasteiger partial charge in [-0.05, 0) is 43.9 Å². The fraction of sp³-hybridized carbons (Fsp3) is 0.316. The van der Waals surface area contributed by atoms with Gasteiger partial charge in [-0.3, -0.25) is 4.79 Å². The maximum atomic E-state index is 13.4. The van der Waals surface area contributed by atoms with Gasteiger partial charge in [0.15, 0.2) is 5.82 Å². The van der Waals surface area contributed by atoms with Crippen molar-refractivity contribution in [3.63, 3.8) is 0 Å². The van der Waals surface area contributed by atoms with Gasteiger partial charge in [0.05, 0.1) is 17.1 Å². The van der Waals surface area contributed by atoms with Gasteiger partial charge < -0.3 is 15.2 Å². The fourth-order valence-corrected chi connectivity index (χ4v) is 3.45. The van der Waals surface area contributed by atoms with Gasteiger partial charge in [0.2, 0.25) is 0 Å². The smallest absolute Gasteiger partial charge is 0.317 e. The molecular formula is C19H17ClFN5O3. The molecule has 10 heteroatoms. The molecular weight excluding hydrogens is 401 g/mol. The molecule has 4 rings (SSSR count). The van der Waals surface area contributed by atoms with Crippen LogP contribution in [0.3, 0.4) is 0 Å². The molecule has 29 heavy (non-hydrogen) atoms. The number of hydrogen-bond acceptors (Lipinski definition) is 7. The molecule has 1 aromatic carbocycles. The monoisotopic (exact) mass is 417 g/mol. The zero-order valence-electron chi connectivity index (χ0n) is 15.2. The maximum absolute atomic E-state index is 13.4. The number of fused-ring (bicyclic) bond motifs is 1. The average Bonchev–Trinajstić information content (AvgIpc) is 2.71. The first kappa shape index (κ1) is 19.3. The zero-order valence-corrected chi connectivity index (χ0v) is 15.9. The lowest BCUT2D eigenvalue weighted by atomic mass is 9.87. The van der Waals surface area contributed by atoms with Crippen LogP contribution in [-0.4, -0.2) is 37.1 Å². The van der Waals surface area contributed by atoms with Crippen molar-refractivity contribution in [3.8, 4) is 6.01 Å². The molecule has 0 unspecified atom stereocenters. The number of carbonyl (C=O) groups is 1. The number of carboxylic acids is 1. The molecule has 1 aliphatic rings. The zero-order chi connectivity index (χ0) is 20.4. The van der Waals surface area contributed by atoms with Gasteiger partial charge in [-0.15, -0.1) is 0 Å². The number of ether oxygens (including phenoxy) is 1. The molecule has 2 heterocycles. The van der Waals surface area contributed by atoms with E-state index >= 15 is 0 Å². The first-order chi connectivity index (χ1) is 14.0. The van der Waals surface area contributed by atoms with Crippen molar-refractivity contribution < 1.29 is 19.0 Å². The molecule has 0 spiro atoms. The van der Waals surface area contributed by atoms with E-state index in [1.807, 2.05) is 0 Å². The number of hydrogen-bond donors (Lipinski definition) is 2. The van der Waals surface area contributed by atoms with Gasteiger partial charge in [-0.2, -0.15) is 4.98 Å². The molecule has 150 valence electrons. The number of anilines is 2. The van der Waals surface area contributed by atoms with Crippen LogP contribution in [0.4, 0.5) is 15.9 Å². The van der Waals surface area contributed by atoms with Crippen LogP contribution in [0, 0.1) is 11.7 Å². The number of aromatic nitrogens is 4. The SMILES string of the molecule is O=C(O)C1CCC(Oc2ncc3ncnc(Nc4ccc(F)c(Cl)c4)c3n2)CC1. The van der Waals surface area contributed by atoms with Gasteiger partial charge in [0.1, 0.15) is 29.3 Å². The Balaban J connectivity index is 1.54. The summed E-state index contributed by atoms with van der Waals surface area (Å²) >= 11 is 5.83. The highest BCUT2D eigenvalue weighted by Crippen LogP contribution is 2.28. The number of rotatable bonds is 5. The third-order valence-electron chi connectivity index (χ3n) is 4.83. The molecule has 0 atom stereocenters. The van der Waals surface area contributed by atoms with Crippen molar-refractivity contribution in [2.24, 2.45) is 5.92 Å². The second kappa shape index (κ2) is 8.12. The minimum absolute atomic E-state index is 0.0102. The normalized spacial score (nSPS) is 19.1. The lowest BCUT2D eigenvalue weighted by Crippen LogP contribution is -2.28. The molecule has 2 aromatic heterocycles. The highest BCUT2D eigenvalue weighted by molar-refractivity contribution is 6.31. The van der Waals surface area contributed by atoms with Gasteiger partial charge in [0, 0.05) is 5.69 Å². The summed E-state index contributed by atoms with van der Waals surface area (Å²) in [6, 6.07) is 4.41. The van der Waals surface area contributed by atoms with Gasteiger partial charge in [-0.1, -0.05) is 11.6 Å². The molecule has 1 aliphatic carbocycles. The first-order valence-electron chi connectivity index (χ1n) is 9.09. The third-order valence-corrected chi connectivity index (χ3v) is 5.12. The van der Waals surface area contributed by atoms with Gasteiger partial charge in [0.25, 0.3) is 0 Å². The topological polar surface area (TPSA) is 110 Å². The molecule has 1 fully saturated rings. The summed E-state index contributed by atoms with van der Waals surface area (Å²) < 4.78 is 19.2. The van der Waals surface area contributed by atoms with Crippen molar-refractivity contribution in [1.82, 2.24) is 19.9 Å². The highest BCUT2D eigenvalue weighted by Gasteiger charge is 2.27. The Morgan fingerprint density at radius 1 is 1.21 bits per heavy atom. The van der Waals surface area contributed by atoms with E-state index in [4.69, 9.17) is 21.4 Å². The first-order valence-corrected chi connectivity index (χ1v) is 9.46. The lowest BCUT2D eigenvalue weighted by molar-refractivity contribution is -0.143. The Bertz CT molecular complexity index is 1060. The molecule has 2 N–H and O–H groups in total. The second-order valence-electron chi connectivity index (χ2n) is 6.79. The van der Waals surface area contributed by atoms with Crippen LogP contribution >= 0.6 is 11.6 Å². The standard InChI is InChI=1S/C19H17ClFN5O3/c20-13-7-11(3-6-14(13)21)25-17-16-15(23-9-24-17)8-22-19(26-16)29-12-4-1-10(2-5-12)18(27)28/h3,6-10,12H,1-2,4-5H2,(H,27,28)(H,23,24,25). The average molecular weight is 418 g/mol. The van der Waals surface area contributed by atoms with Gasteiger partial charge >= 0.3 is 12.0 Å². The third kappa shape index (κ3) is 4.34.